The number of allylic oxidation sites excluding steroid dienone is 1. The van der Waals surface area contributed by atoms with Gasteiger partial charge in [-0.05, 0) is 55.5 Å². The third kappa shape index (κ3) is 5.17. The predicted octanol–water partition coefficient (Wildman–Crippen LogP) is 4.97. The van der Waals surface area contributed by atoms with Gasteiger partial charge >= 0.3 is 0 Å². The van der Waals surface area contributed by atoms with Crippen LogP contribution in [0.4, 0.5) is 15.8 Å². The van der Waals surface area contributed by atoms with Crippen LogP contribution in [0, 0.1) is 12.7 Å². The number of halogens is 1. The summed E-state index contributed by atoms with van der Waals surface area (Å²) in [5, 5.41) is 0. The van der Waals surface area contributed by atoms with Crippen LogP contribution in [-0.2, 0) is 0 Å². The van der Waals surface area contributed by atoms with Gasteiger partial charge in [0, 0.05) is 37.6 Å². The van der Waals surface area contributed by atoms with E-state index in [-0.39, 0.29) is 11.7 Å². The first kappa shape index (κ1) is 20.9. The van der Waals surface area contributed by atoms with Crippen molar-refractivity contribution in [1.29, 1.82) is 0 Å². The van der Waals surface area contributed by atoms with Crippen LogP contribution < -0.4 is 10.6 Å². The summed E-state index contributed by atoms with van der Waals surface area (Å²) < 4.78 is 14.6. The first-order chi connectivity index (χ1) is 13.8. The fraction of sp³-hybridized carbons (Fsp3) is 0.375. The lowest BCUT2D eigenvalue weighted by atomic mass is 9.95. The van der Waals surface area contributed by atoms with Gasteiger partial charge < -0.3 is 15.5 Å². The van der Waals surface area contributed by atoms with E-state index in [2.05, 4.69) is 47.6 Å². The quantitative estimate of drug-likeness (QED) is 0.575. The van der Waals surface area contributed by atoms with Gasteiger partial charge in [0.25, 0.3) is 0 Å². The molecule has 1 saturated heterocycles. The molecule has 1 heterocycles. The minimum absolute atomic E-state index is 0.0629. The van der Waals surface area contributed by atoms with E-state index in [1.54, 1.807) is 6.07 Å². The number of amidine groups is 1. The first-order valence-electron chi connectivity index (χ1n) is 10.2. The summed E-state index contributed by atoms with van der Waals surface area (Å²) in [7, 11) is 0. The summed E-state index contributed by atoms with van der Waals surface area (Å²) >= 11 is 0. The van der Waals surface area contributed by atoms with Crippen LogP contribution in [-0.4, -0.2) is 36.9 Å². The normalized spacial score (nSPS) is 16.1. The Morgan fingerprint density at radius 2 is 1.86 bits per heavy atom. The number of rotatable bonds is 5. The highest BCUT2D eigenvalue weighted by Gasteiger charge is 2.20. The van der Waals surface area contributed by atoms with Gasteiger partial charge in [0.15, 0.2) is 0 Å². The van der Waals surface area contributed by atoms with Crippen LogP contribution in [0.1, 0.15) is 37.3 Å². The van der Waals surface area contributed by atoms with E-state index < -0.39 is 0 Å². The maximum atomic E-state index is 14.6. The minimum Gasteiger partial charge on any atom is -0.402 e. The van der Waals surface area contributed by atoms with Crippen molar-refractivity contribution in [2.75, 3.05) is 31.1 Å². The van der Waals surface area contributed by atoms with Gasteiger partial charge in [0.1, 0.15) is 17.3 Å². The van der Waals surface area contributed by atoms with Crippen LogP contribution >= 0.6 is 0 Å². The van der Waals surface area contributed by atoms with Crippen molar-refractivity contribution in [2.45, 2.75) is 33.1 Å². The van der Waals surface area contributed by atoms with Crippen LogP contribution in [0.2, 0.25) is 0 Å². The van der Waals surface area contributed by atoms with Crippen molar-refractivity contribution in [3.05, 3.63) is 71.7 Å². The number of piperazine rings is 1. The molecular weight excluding hydrogens is 363 g/mol. The van der Waals surface area contributed by atoms with Crippen molar-refractivity contribution in [3.8, 4) is 0 Å². The molecule has 0 aliphatic carbocycles. The zero-order chi connectivity index (χ0) is 21.0. The lowest BCUT2D eigenvalue weighted by Crippen LogP contribution is -2.48. The molecule has 0 amide bonds. The van der Waals surface area contributed by atoms with Crippen LogP contribution in [0.3, 0.4) is 0 Å². The molecule has 2 aromatic carbocycles. The molecule has 0 saturated carbocycles. The Morgan fingerprint density at radius 3 is 2.52 bits per heavy atom. The molecule has 0 aromatic heterocycles. The predicted molar refractivity (Wildman–Crippen MR) is 120 cm³/mol. The van der Waals surface area contributed by atoms with Gasteiger partial charge in [0.2, 0.25) is 0 Å². The Balaban J connectivity index is 1.74. The molecule has 3 rings (SSSR count). The molecule has 1 atom stereocenters. The summed E-state index contributed by atoms with van der Waals surface area (Å²) in [6.07, 6.45) is 0.611. The standard InChI is InChI=1S/C24H31FN4/c1-17-7-5-8-21(15-17)29-13-11-28(12-14-29)20(4)27-24-22(9-6-10-23(24)25)18(2)16-19(3)26/h5-10,15,18H,3,11-14,16,26H2,1-2,4H3/b27-20+. The Labute approximate surface area is 173 Å². The average molecular weight is 395 g/mol. The van der Waals surface area contributed by atoms with E-state index in [1.165, 1.54) is 17.3 Å². The highest BCUT2D eigenvalue weighted by Crippen LogP contribution is 2.33. The summed E-state index contributed by atoms with van der Waals surface area (Å²) in [5.74, 6) is 0.613. The Hall–Kier alpha value is -2.82. The second kappa shape index (κ2) is 9.12. The highest BCUT2D eigenvalue weighted by molar-refractivity contribution is 5.83. The molecule has 5 heteroatoms. The number of nitrogens with two attached hydrogens (primary N) is 1. The van der Waals surface area contributed by atoms with E-state index in [9.17, 15) is 4.39 Å². The summed E-state index contributed by atoms with van der Waals surface area (Å²) in [6, 6.07) is 13.7. The number of hydrogen-bond acceptors (Lipinski definition) is 3. The van der Waals surface area contributed by atoms with Gasteiger partial charge in [-0.25, -0.2) is 9.38 Å². The van der Waals surface area contributed by atoms with Gasteiger partial charge in [-0.3, -0.25) is 0 Å². The van der Waals surface area contributed by atoms with Crippen LogP contribution in [0.15, 0.2) is 59.7 Å². The molecule has 1 unspecified atom stereocenters. The lowest BCUT2D eigenvalue weighted by Gasteiger charge is -2.37. The van der Waals surface area contributed by atoms with Gasteiger partial charge in [-0.1, -0.05) is 37.8 Å². The number of hydrogen-bond donors (Lipinski definition) is 1. The molecule has 1 fully saturated rings. The van der Waals surface area contributed by atoms with E-state index >= 15 is 0 Å². The Bertz CT molecular complexity index is 898. The number of para-hydroxylation sites is 1. The molecule has 4 nitrogen and oxygen atoms in total. The monoisotopic (exact) mass is 394 g/mol. The topological polar surface area (TPSA) is 44.9 Å². The number of aryl methyl sites for hydroxylation is 1. The molecule has 1 aliphatic rings. The second-order valence-corrected chi connectivity index (χ2v) is 7.91. The molecule has 1 aliphatic heterocycles. The maximum absolute atomic E-state index is 14.6. The van der Waals surface area contributed by atoms with Crippen LogP contribution in [0.25, 0.3) is 0 Å². The summed E-state index contributed by atoms with van der Waals surface area (Å²) in [5.41, 5.74) is 10.2. The third-order valence-corrected chi connectivity index (χ3v) is 5.50. The van der Waals surface area contributed by atoms with Gasteiger partial charge in [-0.15, -0.1) is 0 Å². The zero-order valence-corrected chi connectivity index (χ0v) is 17.7. The highest BCUT2D eigenvalue weighted by atomic mass is 19.1. The number of anilines is 1. The molecule has 2 aromatic rings. The lowest BCUT2D eigenvalue weighted by molar-refractivity contribution is 0.384. The summed E-state index contributed by atoms with van der Waals surface area (Å²) in [6.45, 7) is 13.5. The molecule has 154 valence electrons. The first-order valence-corrected chi connectivity index (χ1v) is 10.2. The van der Waals surface area contributed by atoms with Crippen molar-refractivity contribution in [3.63, 3.8) is 0 Å². The molecule has 2 N–H and O–H groups in total. The zero-order valence-electron chi connectivity index (χ0n) is 17.7. The number of nitrogens with zero attached hydrogens (tertiary/aromatic N) is 3. The molecule has 0 radical (unpaired) electrons. The average Bonchev–Trinajstić information content (AvgIpc) is 2.69. The number of benzene rings is 2. The summed E-state index contributed by atoms with van der Waals surface area (Å²) in [4.78, 5) is 9.32. The van der Waals surface area contributed by atoms with E-state index in [0.717, 1.165) is 37.6 Å². The minimum atomic E-state index is -0.297. The largest absolute Gasteiger partial charge is 0.402 e. The molecule has 29 heavy (non-hydrogen) atoms. The van der Waals surface area contributed by atoms with Crippen molar-refractivity contribution >= 4 is 17.2 Å². The van der Waals surface area contributed by atoms with Crippen molar-refractivity contribution in [1.82, 2.24) is 4.90 Å². The molecular formula is C24H31FN4. The maximum Gasteiger partial charge on any atom is 0.149 e. The third-order valence-electron chi connectivity index (χ3n) is 5.50. The van der Waals surface area contributed by atoms with E-state index in [4.69, 9.17) is 10.7 Å². The smallest absolute Gasteiger partial charge is 0.149 e. The second-order valence-electron chi connectivity index (χ2n) is 7.91. The van der Waals surface area contributed by atoms with E-state index in [1.807, 2.05) is 19.9 Å². The molecule has 0 bridgehead atoms. The van der Waals surface area contributed by atoms with Crippen LogP contribution in [0.5, 0.6) is 0 Å². The Kier molecular flexibility index (Phi) is 6.57. The number of aliphatic imine (C=N–C) groups is 1. The molecule has 0 spiro atoms. The Morgan fingerprint density at radius 1 is 1.17 bits per heavy atom. The van der Waals surface area contributed by atoms with Crippen molar-refractivity contribution in [2.24, 2.45) is 10.7 Å². The van der Waals surface area contributed by atoms with Crippen molar-refractivity contribution < 1.29 is 4.39 Å². The fourth-order valence-corrected chi connectivity index (χ4v) is 3.90. The SMILES string of the molecule is C=C(N)CC(C)c1cccc(F)c1/N=C(\C)N1CCN(c2cccc(C)c2)CC1. The fourth-order valence-electron chi connectivity index (χ4n) is 3.90. The van der Waals surface area contributed by atoms with E-state index in [0.29, 0.717) is 17.8 Å². The van der Waals surface area contributed by atoms with Gasteiger partial charge in [0.05, 0.1) is 0 Å². The van der Waals surface area contributed by atoms with Gasteiger partial charge in [-0.2, -0.15) is 0 Å².